The van der Waals surface area contributed by atoms with E-state index < -0.39 is 7.32 Å². The van der Waals surface area contributed by atoms with E-state index >= 15 is 0 Å². The van der Waals surface area contributed by atoms with Crippen LogP contribution in [0.1, 0.15) is 0 Å². The van der Waals surface area contributed by atoms with Crippen LogP contribution in [0.25, 0.3) is 0 Å². The molecule has 0 heterocycles. The van der Waals surface area contributed by atoms with Gasteiger partial charge >= 0.3 is 26.2 Å². The summed E-state index contributed by atoms with van der Waals surface area (Å²) in [6.45, 7) is 0. The van der Waals surface area contributed by atoms with Crippen LogP contribution >= 0.6 is 0 Å². The molecule has 6 heteroatoms. The Morgan fingerprint density at radius 3 is 1.00 bits per heavy atom. The Hall–Kier alpha value is 0.759. The van der Waals surface area contributed by atoms with E-state index in [1.54, 1.807) is 0 Å². The van der Waals surface area contributed by atoms with Crippen molar-refractivity contribution in [1.82, 2.24) is 0 Å². The average molecular weight is 102 g/mol. The van der Waals surface area contributed by atoms with Crippen LogP contribution in [0.2, 0.25) is 0 Å². The third kappa shape index (κ3) is 117. The van der Waals surface area contributed by atoms with Gasteiger partial charge in [0.05, 0.1) is 0 Å². The first-order valence-corrected chi connectivity index (χ1v) is 0.775. The van der Waals surface area contributed by atoms with Gasteiger partial charge in [-0.1, -0.05) is 0 Å². The van der Waals surface area contributed by atoms with Gasteiger partial charge in [-0.2, -0.15) is 0 Å². The maximum absolute atomic E-state index is 7.17. The van der Waals surface area contributed by atoms with Gasteiger partial charge in [-0.15, -0.1) is 0 Å². The molecular weight excluding hydrogens is 93.8 g/mol. The van der Waals surface area contributed by atoms with Gasteiger partial charge in [0.1, 0.15) is 0 Å². The first-order valence-electron chi connectivity index (χ1n) is 0.775. The fraction of sp³-hybridized carbons (Fsp3) is 0. The van der Waals surface area contributed by atoms with Crippen LogP contribution in [0, 0.1) is 0 Å². The van der Waals surface area contributed by atoms with Crippen LogP contribution < -0.4 is 0 Å². The van der Waals surface area contributed by atoms with Crippen molar-refractivity contribution < 1.29 is 15.1 Å². The maximum Gasteiger partial charge on any atom is -0.0149 e. The molecule has 0 aromatic carbocycles. The van der Waals surface area contributed by atoms with Crippen LogP contribution in [-0.4, -0.2) is 52.2 Å². The predicted molar refractivity (Wildman–Crippen MR) is 30.9 cm³/mol. The summed E-state index contributed by atoms with van der Waals surface area (Å²) in [4.78, 5) is 0. The fourth-order valence-electron chi connectivity index (χ4n) is 0. The predicted octanol–water partition coefficient (Wildman–Crippen LogP) is -4.15. The van der Waals surface area contributed by atoms with Gasteiger partial charge in [0.2, 0.25) is 0 Å². The molecule has 0 radical (unpaired) electrons. The van der Waals surface area contributed by atoms with Crippen molar-refractivity contribution in [2.45, 2.75) is 0 Å². The van der Waals surface area contributed by atoms with Gasteiger partial charge in [-0.25, -0.2) is 0 Å². The Morgan fingerprint density at radius 2 is 1.00 bits per heavy atom. The Bertz CT molecular complexity index is 15.5. The van der Waals surface area contributed by atoms with Gasteiger partial charge in [0.25, 0.3) is 0 Å². The van der Waals surface area contributed by atoms with E-state index in [2.05, 4.69) is 0 Å². The molecular formula is H8BLiO3Si. The molecule has 0 bridgehead atoms. The zero-order valence-electron chi connectivity index (χ0n) is 1.92. The first-order chi connectivity index (χ1) is 1.73. The van der Waals surface area contributed by atoms with Crippen molar-refractivity contribution >= 4 is 37.1 Å². The topological polar surface area (TPSA) is 60.7 Å². The monoisotopic (exact) mass is 102 g/mol. The molecule has 3 nitrogen and oxygen atoms in total. The van der Waals surface area contributed by atoms with Gasteiger partial charge in [-0.3, -0.25) is 0 Å². The van der Waals surface area contributed by atoms with Crippen LogP contribution in [0.3, 0.4) is 0 Å². The van der Waals surface area contributed by atoms with Crippen molar-refractivity contribution in [1.29, 1.82) is 0 Å². The maximum atomic E-state index is 7.17. The molecule has 0 saturated carbocycles. The zero-order chi connectivity index (χ0) is 3.58. The molecule has 0 atom stereocenters. The van der Waals surface area contributed by atoms with Gasteiger partial charge in [0, 0.05) is 0 Å². The third-order valence-electron chi connectivity index (χ3n) is 0. The van der Waals surface area contributed by atoms with Crippen molar-refractivity contribution in [2.75, 3.05) is 0 Å². The minimum Gasteiger partial charge on any atom is -0.0149 e. The standard InChI is InChI=1S/BH3O3.Li.H4Si.H/c2-1(3)4;;;/h2-4H;;1H4;. The molecule has 0 unspecified atom stereocenters. The van der Waals surface area contributed by atoms with Crippen molar-refractivity contribution in [3.05, 3.63) is 0 Å². The Balaban J connectivity index is -0.0000000450. The summed E-state index contributed by atoms with van der Waals surface area (Å²) >= 11 is 0. The van der Waals surface area contributed by atoms with Crippen LogP contribution in [0.4, 0.5) is 0 Å². The molecule has 0 fully saturated rings. The SMILES string of the molecule is OB(O)O.[LiH].[SiH4]. The zero-order valence-corrected chi connectivity index (χ0v) is 1.92. The summed E-state index contributed by atoms with van der Waals surface area (Å²) in [5, 5.41) is 21.5. The minimum atomic E-state index is -2.17. The fourth-order valence-corrected chi connectivity index (χ4v) is 0. The van der Waals surface area contributed by atoms with E-state index in [-0.39, 0.29) is 29.8 Å². The molecule has 0 aromatic heterocycles. The summed E-state index contributed by atoms with van der Waals surface area (Å²) in [5.41, 5.74) is 0. The van der Waals surface area contributed by atoms with E-state index in [0.717, 1.165) is 0 Å². The van der Waals surface area contributed by atoms with Crippen LogP contribution in [0.15, 0.2) is 0 Å². The molecule has 0 aliphatic heterocycles. The summed E-state index contributed by atoms with van der Waals surface area (Å²) in [6.07, 6.45) is 0. The Labute approximate surface area is 52.8 Å². The third-order valence-corrected chi connectivity index (χ3v) is 0. The van der Waals surface area contributed by atoms with Gasteiger partial charge in [0.15, 0.2) is 0 Å². The van der Waals surface area contributed by atoms with E-state index in [1.807, 2.05) is 0 Å². The summed E-state index contributed by atoms with van der Waals surface area (Å²) in [5.74, 6) is 0. The quantitative estimate of drug-likeness (QED) is 0.272. The summed E-state index contributed by atoms with van der Waals surface area (Å²) in [6, 6.07) is 0. The number of hydrogen-bond acceptors (Lipinski definition) is 3. The van der Waals surface area contributed by atoms with Crippen LogP contribution in [0.5, 0.6) is 0 Å². The molecule has 6 heavy (non-hydrogen) atoms. The van der Waals surface area contributed by atoms with Crippen LogP contribution in [-0.2, 0) is 0 Å². The number of hydrogen-bond donors (Lipinski definition) is 3. The van der Waals surface area contributed by atoms with Crippen molar-refractivity contribution in [2.24, 2.45) is 0 Å². The second kappa shape index (κ2) is 9.23. The first kappa shape index (κ1) is 15.9. The molecule has 0 rings (SSSR count). The van der Waals surface area contributed by atoms with Crippen molar-refractivity contribution in [3.8, 4) is 0 Å². The van der Waals surface area contributed by atoms with Gasteiger partial charge in [-0.05, 0) is 11.0 Å². The largest absolute Gasteiger partial charge is 0.0149 e. The normalized spacial score (nSPS) is 4.50. The molecule has 3 N–H and O–H groups in total. The molecule has 0 aliphatic carbocycles. The molecule has 0 saturated heterocycles. The molecule has 0 aromatic rings. The minimum absolute atomic E-state index is 0. The van der Waals surface area contributed by atoms with E-state index in [4.69, 9.17) is 15.1 Å². The average Bonchev–Trinajstić information content (AvgIpc) is 0.811. The van der Waals surface area contributed by atoms with E-state index in [9.17, 15) is 0 Å². The molecule has 0 aliphatic rings. The van der Waals surface area contributed by atoms with E-state index in [1.165, 1.54) is 0 Å². The molecule has 34 valence electrons. The van der Waals surface area contributed by atoms with E-state index in [0.29, 0.717) is 0 Å². The van der Waals surface area contributed by atoms with Gasteiger partial charge < -0.3 is 15.1 Å². The Kier molecular flexibility index (Phi) is 24.4. The molecule has 0 spiro atoms. The smallest absolute Gasteiger partial charge is 0.0149 e. The van der Waals surface area contributed by atoms with Crippen molar-refractivity contribution in [3.63, 3.8) is 0 Å². The second-order valence-corrected chi connectivity index (χ2v) is 0.346. The molecule has 0 amide bonds. The Morgan fingerprint density at radius 1 is 1.00 bits per heavy atom. The summed E-state index contributed by atoms with van der Waals surface area (Å²) in [7, 11) is -2.17. The number of rotatable bonds is 0. The second-order valence-electron chi connectivity index (χ2n) is 0.346. The summed E-state index contributed by atoms with van der Waals surface area (Å²) < 4.78 is 0.